The molecule has 0 saturated carbocycles. The van der Waals surface area contributed by atoms with E-state index in [9.17, 15) is 14.4 Å². The molecule has 2 heterocycles. The van der Waals surface area contributed by atoms with Crippen molar-refractivity contribution in [1.82, 2.24) is 10.6 Å². The third kappa shape index (κ3) is 8.82. The fourth-order valence-electron chi connectivity index (χ4n) is 3.99. The maximum Gasteiger partial charge on any atom is 0.412 e. The molecule has 2 aromatic carbocycles. The molecule has 0 bridgehead atoms. The number of rotatable bonds is 13. The molecule has 2 amide bonds. The second-order valence-electron chi connectivity index (χ2n) is 8.85. The summed E-state index contributed by atoms with van der Waals surface area (Å²) in [7, 11) is 3.93. The minimum atomic E-state index is -0.652. The Labute approximate surface area is 229 Å². The molecule has 8 nitrogen and oxygen atoms in total. The molecule has 38 heavy (non-hydrogen) atoms. The van der Waals surface area contributed by atoms with E-state index in [2.05, 4.69) is 10.6 Å². The first-order valence-corrected chi connectivity index (χ1v) is 15.2. The van der Waals surface area contributed by atoms with Crippen LogP contribution in [0.15, 0.2) is 63.8 Å². The van der Waals surface area contributed by atoms with Crippen molar-refractivity contribution < 1.29 is 23.5 Å². The number of fused-ring (bicyclic) bond motifs is 1. The first-order valence-electron chi connectivity index (χ1n) is 12.8. The number of ether oxygens (including phenoxy) is 2. The van der Waals surface area contributed by atoms with E-state index in [1.54, 1.807) is 12.1 Å². The van der Waals surface area contributed by atoms with Gasteiger partial charge in [0.25, 0.3) is 0 Å². The second kappa shape index (κ2) is 14.8. The van der Waals surface area contributed by atoms with Gasteiger partial charge < -0.3 is 24.5 Å². The zero-order chi connectivity index (χ0) is 26.6. The molecule has 1 saturated heterocycles. The van der Waals surface area contributed by atoms with Gasteiger partial charge in [-0.2, -0.15) is 0 Å². The number of carbonyl (C=O) groups excluding carboxylic acids is 2. The third-order valence-electron chi connectivity index (χ3n) is 5.96. The highest BCUT2D eigenvalue weighted by Gasteiger charge is 2.16. The highest BCUT2D eigenvalue weighted by Crippen LogP contribution is 2.39. The first kappa shape index (κ1) is 28.1. The van der Waals surface area contributed by atoms with Crippen LogP contribution in [0.3, 0.4) is 0 Å². The molecule has 1 unspecified atom stereocenters. The summed E-state index contributed by atoms with van der Waals surface area (Å²) >= 11 is 0. The molecule has 0 radical (unpaired) electrons. The van der Waals surface area contributed by atoms with Crippen molar-refractivity contribution in [2.45, 2.75) is 37.4 Å². The Bertz CT molecular complexity index is 1260. The molecule has 1 fully saturated rings. The Morgan fingerprint density at radius 1 is 1.00 bits per heavy atom. The van der Waals surface area contributed by atoms with Gasteiger partial charge in [0, 0.05) is 42.1 Å². The number of nitrogens with one attached hydrogen (secondary N) is 2. The van der Waals surface area contributed by atoms with Crippen LogP contribution in [-0.4, -0.2) is 49.3 Å². The van der Waals surface area contributed by atoms with Gasteiger partial charge in [-0.3, -0.25) is 9.59 Å². The third-order valence-corrected chi connectivity index (χ3v) is 8.97. The van der Waals surface area contributed by atoms with Gasteiger partial charge in [0.05, 0.1) is 18.6 Å². The van der Waals surface area contributed by atoms with E-state index in [1.165, 1.54) is 30.7 Å². The fourth-order valence-corrected chi connectivity index (χ4v) is 7.01. The molecule has 202 valence electrons. The summed E-state index contributed by atoms with van der Waals surface area (Å²) in [4.78, 5) is 36.6. The lowest BCUT2D eigenvalue weighted by atomic mass is 10.1. The van der Waals surface area contributed by atoms with E-state index in [-0.39, 0.29) is 30.2 Å². The lowest BCUT2D eigenvalue weighted by Gasteiger charge is -2.09. The Kier molecular flexibility index (Phi) is 11.0. The number of benzene rings is 2. The molecular weight excluding hydrogens is 524 g/mol. The van der Waals surface area contributed by atoms with E-state index in [1.807, 2.05) is 51.9 Å². The Balaban J connectivity index is 1.09. The van der Waals surface area contributed by atoms with Crippen molar-refractivity contribution in [3.8, 4) is 17.1 Å². The van der Waals surface area contributed by atoms with E-state index >= 15 is 0 Å². The minimum Gasteiger partial charge on any atom is -0.456 e. The minimum absolute atomic E-state index is 0.0458. The maximum atomic E-state index is 12.6. The highest BCUT2D eigenvalue weighted by molar-refractivity contribution is 8.77. The van der Waals surface area contributed by atoms with E-state index in [4.69, 9.17) is 13.9 Å². The van der Waals surface area contributed by atoms with Crippen LogP contribution in [0.5, 0.6) is 5.75 Å². The summed E-state index contributed by atoms with van der Waals surface area (Å²) in [6.45, 7) is 1.33. The summed E-state index contributed by atoms with van der Waals surface area (Å²) in [5, 5.41) is 6.54. The van der Waals surface area contributed by atoms with Gasteiger partial charge >= 0.3 is 6.09 Å². The Morgan fingerprint density at radius 3 is 2.61 bits per heavy atom. The highest BCUT2D eigenvalue weighted by atomic mass is 33.1. The summed E-state index contributed by atoms with van der Waals surface area (Å²) in [5.74, 6) is 2.00. The average Bonchev–Trinajstić information content (AvgIpc) is 3.45. The van der Waals surface area contributed by atoms with Gasteiger partial charge in [-0.15, -0.1) is 0 Å². The predicted octanol–water partition coefficient (Wildman–Crippen LogP) is 5.40. The first-order chi connectivity index (χ1) is 18.6. The molecule has 1 atom stereocenters. The van der Waals surface area contributed by atoms with Crippen LogP contribution in [0.25, 0.3) is 22.3 Å². The second-order valence-corrected chi connectivity index (χ2v) is 11.6. The molecule has 1 aromatic heterocycles. The molecule has 10 heteroatoms. The normalized spacial score (nSPS) is 14.9. The Hall–Kier alpha value is -2.95. The molecule has 0 spiro atoms. The van der Waals surface area contributed by atoms with Crippen molar-refractivity contribution >= 4 is 44.6 Å². The van der Waals surface area contributed by atoms with Crippen molar-refractivity contribution in [2.75, 3.05) is 32.1 Å². The lowest BCUT2D eigenvalue weighted by Crippen LogP contribution is -2.31. The van der Waals surface area contributed by atoms with Gasteiger partial charge in [0.2, 0.25) is 5.91 Å². The van der Waals surface area contributed by atoms with Crippen LogP contribution in [0.4, 0.5) is 4.79 Å². The van der Waals surface area contributed by atoms with E-state index in [0.717, 1.165) is 23.7 Å². The summed E-state index contributed by atoms with van der Waals surface area (Å²) in [5.41, 5.74) is 0.991. The monoisotopic (exact) mass is 556 g/mol. The SMILES string of the molecule is O=C(CCCCC1CCSS1)NCCOCCNC(=O)Oc1ccc2oc(-c3ccccc3)cc(=O)c2c1. The quantitative estimate of drug-likeness (QED) is 0.213. The zero-order valence-electron chi connectivity index (χ0n) is 21.1. The van der Waals surface area contributed by atoms with E-state index in [0.29, 0.717) is 36.3 Å². The average molecular weight is 557 g/mol. The molecule has 0 aliphatic carbocycles. The number of unbranched alkanes of at least 4 members (excludes halogenated alkanes) is 1. The topological polar surface area (TPSA) is 107 Å². The largest absolute Gasteiger partial charge is 0.456 e. The van der Waals surface area contributed by atoms with Crippen LogP contribution in [0, 0.1) is 0 Å². The molecule has 4 rings (SSSR count). The molecule has 3 aromatic rings. The van der Waals surface area contributed by atoms with Crippen LogP contribution >= 0.6 is 21.6 Å². The lowest BCUT2D eigenvalue weighted by molar-refractivity contribution is -0.121. The molecular formula is C28H32N2O6S2. The number of hydrogen-bond acceptors (Lipinski definition) is 8. The van der Waals surface area contributed by atoms with Gasteiger partial charge in [0.15, 0.2) is 5.43 Å². The van der Waals surface area contributed by atoms with Gasteiger partial charge in [-0.05, 0) is 37.5 Å². The summed E-state index contributed by atoms with van der Waals surface area (Å²) < 4.78 is 16.6. The van der Waals surface area contributed by atoms with Gasteiger partial charge in [-0.25, -0.2) is 4.79 Å². The molecule has 1 aliphatic heterocycles. The van der Waals surface area contributed by atoms with Crippen LogP contribution < -0.4 is 20.8 Å². The van der Waals surface area contributed by atoms with E-state index < -0.39 is 6.09 Å². The van der Waals surface area contributed by atoms with Crippen molar-refractivity contribution in [2.24, 2.45) is 0 Å². The van der Waals surface area contributed by atoms with Crippen molar-refractivity contribution in [1.29, 1.82) is 0 Å². The van der Waals surface area contributed by atoms with Crippen LogP contribution in [-0.2, 0) is 9.53 Å². The van der Waals surface area contributed by atoms with Crippen molar-refractivity contribution in [3.05, 3.63) is 64.8 Å². The maximum absolute atomic E-state index is 12.6. The number of carbonyl (C=O) groups is 2. The summed E-state index contributed by atoms with van der Waals surface area (Å²) in [6, 6.07) is 15.5. The fraction of sp³-hybridized carbons (Fsp3) is 0.393. The zero-order valence-corrected chi connectivity index (χ0v) is 22.7. The molecule has 1 aliphatic rings. The van der Waals surface area contributed by atoms with Gasteiger partial charge in [0.1, 0.15) is 17.1 Å². The van der Waals surface area contributed by atoms with Crippen molar-refractivity contribution in [3.63, 3.8) is 0 Å². The van der Waals surface area contributed by atoms with Crippen LogP contribution in [0.1, 0.15) is 32.1 Å². The number of amides is 2. The van der Waals surface area contributed by atoms with Gasteiger partial charge in [-0.1, -0.05) is 58.3 Å². The van der Waals surface area contributed by atoms with Crippen LogP contribution in [0.2, 0.25) is 0 Å². The molecule has 2 N–H and O–H groups in total. The predicted molar refractivity (Wildman–Crippen MR) is 153 cm³/mol. The summed E-state index contributed by atoms with van der Waals surface area (Å²) in [6.07, 6.45) is 4.37. The number of hydrogen-bond donors (Lipinski definition) is 2. The smallest absolute Gasteiger partial charge is 0.412 e. The Morgan fingerprint density at radius 2 is 1.82 bits per heavy atom. The standard InChI is InChI=1S/C28H32N2O6S2/c31-24-19-26(20-6-2-1-3-7-20)36-25-11-10-21(18-23(24)25)35-28(33)30-14-16-34-15-13-29-27(32)9-5-4-8-22-12-17-37-38-22/h1-3,6-7,10-11,18-19,22H,4-5,8-9,12-17H2,(H,29,32)(H,30,33).